The minimum Gasteiger partial charge on any atom is -0.352 e. The lowest BCUT2D eigenvalue weighted by Crippen LogP contribution is -2.38. The van der Waals surface area contributed by atoms with Crippen LogP contribution in [0.5, 0.6) is 0 Å². The lowest BCUT2D eigenvalue weighted by molar-refractivity contribution is 0.371. The van der Waals surface area contributed by atoms with Gasteiger partial charge in [0.15, 0.2) is 0 Å². The molecule has 0 unspecified atom stereocenters. The van der Waals surface area contributed by atoms with Crippen LogP contribution in [0.2, 0.25) is 5.15 Å². The molecule has 1 fully saturated rings. The molecule has 2 aromatic heterocycles. The zero-order valence-corrected chi connectivity index (χ0v) is 15.1. The molecule has 1 saturated heterocycles. The number of likely N-dealkylation sites (N-methyl/N-ethyl adjacent to an activating group) is 1. The van der Waals surface area contributed by atoms with Crippen molar-refractivity contribution >= 4 is 28.2 Å². The summed E-state index contributed by atoms with van der Waals surface area (Å²) < 4.78 is 0. The van der Waals surface area contributed by atoms with E-state index in [2.05, 4.69) is 42.7 Å². The highest BCUT2D eigenvalue weighted by Gasteiger charge is 2.28. The van der Waals surface area contributed by atoms with E-state index in [4.69, 9.17) is 16.6 Å². The molecule has 0 spiro atoms. The highest BCUT2D eigenvalue weighted by atomic mass is 35.5. The number of rotatable bonds is 4. The molecular formula is C18H25ClN4. The Morgan fingerprint density at radius 2 is 2.04 bits per heavy atom. The highest BCUT2D eigenvalue weighted by Crippen LogP contribution is 2.34. The maximum atomic E-state index is 6.15. The third-order valence-corrected chi connectivity index (χ3v) is 4.80. The molecule has 0 aromatic carbocycles. The van der Waals surface area contributed by atoms with Crippen molar-refractivity contribution in [3.8, 4) is 0 Å². The lowest BCUT2D eigenvalue weighted by atomic mass is 9.99. The first-order valence-electron chi connectivity index (χ1n) is 8.33. The molecule has 1 aliphatic heterocycles. The van der Waals surface area contributed by atoms with Gasteiger partial charge in [0.25, 0.3) is 0 Å². The van der Waals surface area contributed by atoms with Gasteiger partial charge in [0, 0.05) is 36.9 Å². The van der Waals surface area contributed by atoms with Crippen molar-refractivity contribution in [1.82, 2.24) is 14.9 Å². The second kappa shape index (κ2) is 6.62. The molecule has 2 aromatic rings. The first-order valence-corrected chi connectivity index (χ1v) is 8.70. The molecule has 0 bridgehead atoms. The van der Waals surface area contributed by atoms with Gasteiger partial charge < -0.3 is 9.80 Å². The maximum Gasteiger partial charge on any atom is 0.138 e. The molecule has 3 rings (SSSR count). The molecule has 5 heteroatoms. The normalized spacial score (nSPS) is 18.6. The lowest BCUT2D eigenvalue weighted by Gasteiger charge is -2.29. The Balaban J connectivity index is 2.09. The Morgan fingerprint density at radius 1 is 1.26 bits per heavy atom. The van der Waals surface area contributed by atoms with Crippen molar-refractivity contribution < 1.29 is 0 Å². The zero-order chi connectivity index (χ0) is 16.6. The van der Waals surface area contributed by atoms with Crippen LogP contribution in [0.1, 0.15) is 38.2 Å². The number of pyridine rings is 2. The molecule has 124 valence electrons. The number of hydrogen-bond acceptors (Lipinski definition) is 4. The number of aromatic nitrogens is 2. The van der Waals surface area contributed by atoms with Crippen LogP contribution in [0.15, 0.2) is 18.5 Å². The van der Waals surface area contributed by atoms with E-state index in [0.29, 0.717) is 17.1 Å². The fraction of sp³-hybridized carbons (Fsp3) is 0.556. The fourth-order valence-electron chi connectivity index (χ4n) is 3.53. The van der Waals surface area contributed by atoms with Crippen LogP contribution in [0, 0.1) is 0 Å². The summed E-state index contributed by atoms with van der Waals surface area (Å²) in [5, 5.41) is 2.84. The minimum absolute atomic E-state index is 0.411. The monoisotopic (exact) mass is 332 g/mol. The van der Waals surface area contributed by atoms with Crippen molar-refractivity contribution in [3.05, 3.63) is 29.2 Å². The number of hydrogen-bond donors (Lipinski definition) is 0. The van der Waals surface area contributed by atoms with Crippen LogP contribution >= 0.6 is 11.6 Å². The minimum atomic E-state index is 0.411. The van der Waals surface area contributed by atoms with Gasteiger partial charge >= 0.3 is 0 Å². The van der Waals surface area contributed by atoms with Crippen molar-refractivity contribution in [1.29, 1.82) is 0 Å². The number of fused-ring (bicyclic) bond motifs is 1. The molecule has 23 heavy (non-hydrogen) atoms. The van der Waals surface area contributed by atoms with Crippen molar-refractivity contribution in [2.75, 3.05) is 32.1 Å². The summed E-state index contributed by atoms with van der Waals surface area (Å²) >= 11 is 6.15. The number of anilines is 1. The van der Waals surface area contributed by atoms with Crippen LogP contribution in [0.25, 0.3) is 10.8 Å². The molecule has 0 saturated carbocycles. The average molecular weight is 333 g/mol. The zero-order valence-electron chi connectivity index (χ0n) is 14.4. The van der Waals surface area contributed by atoms with Gasteiger partial charge in [-0.05, 0) is 49.9 Å². The Bertz CT molecular complexity index is 699. The molecule has 1 aliphatic rings. The van der Waals surface area contributed by atoms with Gasteiger partial charge in [-0.2, -0.15) is 0 Å². The van der Waals surface area contributed by atoms with E-state index in [1.165, 1.54) is 23.8 Å². The van der Waals surface area contributed by atoms with E-state index in [9.17, 15) is 0 Å². The summed E-state index contributed by atoms with van der Waals surface area (Å²) in [6.45, 7) is 6.49. The van der Waals surface area contributed by atoms with Crippen LogP contribution in [-0.2, 0) is 0 Å². The van der Waals surface area contributed by atoms with E-state index < -0.39 is 0 Å². The summed E-state index contributed by atoms with van der Waals surface area (Å²) in [4.78, 5) is 13.8. The van der Waals surface area contributed by atoms with Crippen molar-refractivity contribution in [2.24, 2.45) is 0 Å². The summed E-state index contributed by atoms with van der Waals surface area (Å²) in [7, 11) is 4.26. The highest BCUT2D eigenvalue weighted by molar-refractivity contribution is 6.30. The van der Waals surface area contributed by atoms with Gasteiger partial charge in [0.2, 0.25) is 0 Å². The SMILES string of the molecule is CC(C)c1cnc(N2CCC[C@H]2CN(C)C)c2cnc(Cl)cc12. The summed E-state index contributed by atoms with van der Waals surface area (Å²) in [5.74, 6) is 1.46. The molecule has 0 N–H and O–H groups in total. The molecule has 1 atom stereocenters. The van der Waals surface area contributed by atoms with E-state index >= 15 is 0 Å². The molecular weight excluding hydrogens is 308 g/mol. The van der Waals surface area contributed by atoms with Crippen molar-refractivity contribution in [2.45, 2.75) is 38.6 Å². The first kappa shape index (κ1) is 16.5. The third-order valence-electron chi connectivity index (χ3n) is 4.60. The molecule has 0 radical (unpaired) electrons. The van der Waals surface area contributed by atoms with Crippen LogP contribution in [0.3, 0.4) is 0 Å². The van der Waals surface area contributed by atoms with Gasteiger partial charge in [0.05, 0.1) is 0 Å². The maximum absolute atomic E-state index is 6.15. The topological polar surface area (TPSA) is 32.3 Å². The van der Waals surface area contributed by atoms with Crippen LogP contribution in [0.4, 0.5) is 5.82 Å². The third kappa shape index (κ3) is 3.29. The van der Waals surface area contributed by atoms with Crippen LogP contribution < -0.4 is 4.90 Å². The Kier molecular flexibility index (Phi) is 4.74. The molecule has 0 amide bonds. The van der Waals surface area contributed by atoms with Gasteiger partial charge in [-0.25, -0.2) is 9.97 Å². The van der Waals surface area contributed by atoms with E-state index in [1.54, 1.807) is 0 Å². The second-order valence-corrected chi connectivity index (χ2v) is 7.38. The number of nitrogens with zero attached hydrogens (tertiary/aromatic N) is 4. The van der Waals surface area contributed by atoms with E-state index in [-0.39, 0.29) is 0 Å². The predicted molar refractivity (Wildman–Crippen MR) is 97.6 cm³/mol. The van der Waals surface area contributed by atoms with E-state index in [1.807, 2.05) is 18.5 Å². The first-order chi connectivity index (χ1) is 11.0. The average Bonchev–Trinajstić information content (AvgIpc) is 2.92. The predicted octanol–water partition coefficient (Wildman–Crippen LogP) is 3.94. The van der Waals surface area contributed by atoms with E-state index in [0.717, 1.165) is 24.3 Å². The standard InChI is InChI=1S/C18H25ClN4/c1-12(2)15-9-21-18(16-10-20-17(19)8-14(15)16)23-7-5-6-13(23)11-22(3)4/h8-10,12-13H,5-7,11H2,1-4H3/t13-/m0/s1. The summed E-state index contributed by atoms with van der Waals surface area (Å²) in [6.07, 6.45) is 6.34. The summed E-state index contributed by atoms with van der Waals surface area (Å²) in [6, 6.07) is 2.50. The van der Waals surface area contributed by atoms with Gasteiger partial charge in [-0.15, -0.1) is 0 Å². The fourth-order valence-corrected chi connectivity index (χ4v) is 3.69. The molecule has 0 aliphatic carbocycles. The Hall–Kier alpha value is -1.39. The quantitative estimate of drug-likeness (QED) is 0.794. The summed E-state index contributed by atoms with van der Waals surface area (Å²) in [5.41, 5.74) is 1.23. The molecule has 4 nitrogen and oxygen atoms in total. The smallest absolute Gasteiger partial charge is 0.138 e. The Labute approximate surface area is 143 Å². The molecule has 3 heterocycles. The largest absolute Gasteiger partial charge is 0.352 e. The van der Waals surface area contributed by atoms with Gasteiger partial charge in [-0.1, -0.05) is 25.4 Å². The number of halogens is 1. The van der Waals surface area contributed by atoms with Gasteiger partial charge in [0.1, 0.15) is 11.0 Å². The van der Waals surface area contributed by atoms with Crippen LogP contribution in [-0.4, -0.2) is 48.1 Å². The van der Waals surface area contributed by atoms with Crippen molar-refractivity contribution in [3.63, 3.8) is 0 Å². The Morgan fingerprint density at radius 3 is 2.74 bits per heavy atom. The second-order valence-electron chi connectivity index (χ2n) is 7.00. The van der Waals surface area contributed by atoms with Gasteiger partial charge in [-0.3, -0.25) is 0 Å².